The molecule has 1 aliphatic carbocycles. The maximum absolute atomic E-state index is 3.46. The van der Waals surface area contributed by atoms with Gasteiger partial charge in [0.1, 0.15) is 0 Å². The summed E-state index contributed by atoms with van der Waals surface area (Å²) in [4.78, 5) is 2.78. The van der Waals surface area contributed by atoms with E-state index in [9.17, 15) is 0 Å². The molecule has 0 aromatic rings. The van der Waals surface area contributed by atoms with Crippen molar-refractivity contribution < 1.29 is 0 Å². The second-order valence-corrected chi connectivity index (χ2v) is 6.00. The Kier molecular flexibility index (Phi) is 4.26. The molecule has 2 heteroatoms. The van der Waals surface area contributed by atoms with E-state index in [0.29, 0.717) is 0 Å². The van der Waals surface area contributed by atoms with E-state index >= 15 is 0 Å². The van der Waals surface area contributed by atoms with Gasteiger partial charge in [-0.15, -0.1) is 0 Å². The predicted octanol–water partition coefficient (Wildman–Crippen LogP) is 2.49. The minimum Gasteiger partial charge on any atom is -0.316 e. The quantitative estimate of drug-likeness (QED) is 0.775. The lowest BCUT2D eigenvalue weighted by atomic mass is 9.77. The SMILES string of the molecule is CNC1CCCN(C2C(C)CCCC2C)C1. The summed E-state index contributed by atoms with van der Waals surface area (Å²) in [6, 6.07) is 1.58. The number of nitrogens with one attached hydrogen (secondary N) is 1. The lowest BCUT2D eigenvalue weighted by molar-refractivity contribution is 0.0441. The molecule has 0 bridgehead atoms. The molecule has 0 aromatic heterocycles. The fourth-order valence-corrected chi connectivity index (χ4v) is 3.90. The molecule has 2 aliphatic rings. The van der Waals surface area contributed by atoms with Crippen molar-refractivity contribution in [3.8, 4) is 0 Å². The van der Waals surface area contributed by atoms with Gasteiger partial charge in [0, 0.05) is 18.6 Å². The number of rotatable bonds is 2. The van der Waals surface area contributed by atoms with Crippen LogP contribution in [0.4, 0.5) is 0 Å². The van der Waals surface area contributed by atoms with Crippen LogP contribution in [0, 0.1) is 11.8 Å². The fraction of sp³-hybridized carbons (Fsp3) is 1.00. The van der Waals surface area contributed by atoms with E-state index in [2.05, 4.69) is 31.1 Å². The predicted molar refractivity (Wildman–Crippen MR) is 69.6 cm³/mol. The molecule has 3 unspecified atom stereocenters. The standard InChI is InChI=1S/C14H28N2/c1-11-6-4-7-12(2)14(11)16-9-5-8-13(10-16)15-3/h11-15H,4-10H2,1-3H3. The number of likely N-dealkylation sites (tertiary alicyclic amines) is 1. The van der Waals surface area contributed by atoms with Gasteiger partial charge in [0.25, 0.3) is 0 Å². The molecule has 2 rings (SSSR count). The second kappa shape index (κ2) is 5.50. The summed E-state index contributed by atoms with van der Waals surface area (Å²) in [5.74, 6) is 1.80. The molecule has 1 aliphatic heterocycles. The summed E-state index contributed by atoms with van der Waals surface area (Å²) in [7, 11) is 2.11. The first-order valence-corrected chi connectivity index (χ1v) is 7.13. The van der Waals surface area contributed by atoms with Gasteiger partial charge in [0.2, 0.25) is 0 Å². The molecule has 0 radical (unpaired) electrons. The van der Waals surface area contributed by atoms with E-state index in [4.69, 9.17) is 0 Å². The van der Waals surface area contributed by atoms with Crippen LogP contribution in [0.2, 0.25) is 0 Å². The Bertz CT molecular complexity index is 207. The van der Waals surface area contributed by atoms with E-state index in [1.54, 1.807) is 0 Å². The molecule has 2 nitrogen and oxygen atoms in total. The highest BCUT2D eigenvalue weighted by atomic mass is 15.2. The molecule has 0 amide bonds. The van der Waals surface area contributed by atoms with E-state index in [-0.39, 0.29) is 0 Å². The summed E-state index contributed by atoms with van der Waals surface area (Å²) in [6.45, 7) is 7.53. The Labute approximate surface area is 101 Å². The molecular formula is C14H28N2. The molecule has 3 atom stereocenters. The zero-order valence-corrected chi connectivity index (χ0v) is 11.2. The molecule has 1 heterocycles. The highest BCUT2D eigenvalue weighted by Gasteiger charge is 2.34. The van der Waals surface area contributed by atoms with Crippen molar-refractivity contribution in [2.24, 2.45) is 11.8 Å². The van der Waals surface area contributed by atoms with E-state index < -0.39 is 0 Å². The van der Waals surface area contributed by atoms with Crippen molar-refractivity contribution in [3.05, 3.63) is 0 Å². The Balaban J connectivity index is 1.98. The first kappa shape index (κ1) is 12.4. The normalized spacial score (nSPS) is 42.2. The molecule has 2 fully saturated rings. The summed E-state index contributed by atoms with van der Waals surface area (Å²) < 4.78 is 0. The number of likely N-dealkylation sites (N-methyl/N-ethyl adjacent to an activating group) is 1. The van der Waals surface area contributed by atoms with Gasteiger partial charge < -0.3 is 5.32 Å². The lowest BCUT2D eigenvalue weighted by Crippen LogP contribution is -2.53. The average molecular weight is 224 g/mol. The summed E-state index contributed by atoms with van der Waals surface area (Å²) >= 11 is 0. The molecule has 1 saturated heterocycles. The lowest BCUT2D eigenvalue weighted by Gasteiger charge is -2.46. The van der Waals surface area contributed by atoms with Crippen LogP contribution in [-0.2, 0) is 0 Å². The summed E-state index contributed by atoms with van der Waals surface area (Å²) in [5, 5.41) is 3.46. The van der Waals surface area contributed by atoms with Gasteiger partial charge in [-0.05, 0) is 51.1 Å². The van der Waals surface area contributed by atoms with Gasteiger partial charge in [-0.25, -0.2) is 0 Å². The Morgan fingerprint density at radius 1 is 1.00 bits per heavy atom. The molecular weight excluding hydrogens is 196 g/mol. The number of hydrogen-bond donors (Lipinski definition) is 1. The van der Waals surface area contributed by atoms with Gasteiger partial charge in [-0.3, -0.25) is 4.90 Å². The third-order valence-corrected chi connectivity index (χ3v) is 4.77. The van der Waals surface area contributed by atoms with Gasteiger partial charge in [-0.1, -0.05) is 20.3 Å². The summed E-state index contributed by atoms with van der Waals surface area (Å²) in [6.07, 6.45) is 7.07. The van der Waals surface area contributed by atoms with Crippen LogP contribution >= 0.6 is 0 Å². The topological polar surface area (TPSA) is 15.3 Å². The first-order chi connectivity index (χ1) is 7.72. The molecule has 1 N–H and O–H groups in total. The Morgan fingerprint density at radius 3 is 2.31 bits per heavy atom. The molecule has 16 heavy (non-hydrogen) atoms. The molecule has 0 aromatic carbocycles. The Morgan fingerprint density at radius 2 is 1.69 bits per heavy atom. The van der Waals surface area contributed by atoms with E-state index in [1.807, 2.05) is 0 Å². The molecule has 1 saturated carbocycles. The van der Waals surface area contributed by atoms with Crippen molar-refractivity contribution in [2.75, 3.05) is 20.1 Å². The van der Waals surface area contributed by atoms with Crippen LogP contribution in [-0.4, -0.2) is 37.1 Å². The van der Waals surface area contributed by atoms with Crippen molar-refractivity contribution in [3.63, 3.8) is 0 Å². The van der Waals surface area contributed by atoms with Crippen LogP contribution in [0.1, 0.15) is 46.0 Å². The maximum atomic E-state index is 3.46. The van der Waals surface area contributed by atoms with Crippen molar-refractivity contribution in [1.82, 2.24) is 10.2 Å². The Hall–Kier alpha value is -0.0800. The van der Waals surface area contributed by atoms with Gasteiger partial charge >= 0.3 is 0 Å². The first-order valence-electron chi connectivity index (χ1n) is 7.13. The number of piperidine rings is 1. The highest BCUT2D eigenvalue weighted by molar-refractivity contribution is 4.89. The van der Waals surface area contributed by atoms with Crippen molar-refractivity contribution >= 4 is 0 Å². The zero-order valence-electron chi connectivity index (χ0n) is 11.2. The second-order valence-electron chi connectivity index (χ2n) is 6.00. The highest BCUT2D eigenvalue weighted by Crippen LogP contribution is 2.33. The van der Waals surface area contributed by atoms with Gasteiger partial charge in [0.15, 0.2) is 0 Å². The van der Waals surface area contributed by atoms with Gasteiger partial charge in [-0.2, -0.15) is 0 Å². The van der Waals surface area contributed by atoms with Crippen LogP contribution in [0.25, 0.3) is 0 Å². The maximum Gasteiger partial charge on any atom is 0.0192 e. The average Bonchev–Trinajstić information content (AvgIpc) is 2.29. The smallest absolute Gasteiger partial charge is 0.0192 e. The van der Waals surface area contributed by atoms with Crippen molar-refractivity contribution in [2.45, 2.75) is 58.0 Å². The van der Waals surface area contributed by atoms with E-state index in [1.165, 1.54) is 45.2 Å². The third-order valence-electron chi connectivity index (χ3n) is 4.77. The summed E-state index contributed by atoms with van der Waals surface area (Å²) in [5.41, 5.74) is 0. The fourth-order valence-electron chi connectivity index (χ4n) is 3.90. The van der Waals surface area contributed by atoms with Crippen molar-refractivity contribution in [1.29, 1.82) is 0 Å². The molecule has 0 spiro atoms. The van der Waals surface area contributed by atoms with Gasteiger partial charge in [0.05, 0.1) is 0 Å². The van der Waals surface area contributed by atoms with Crippen LogP contribution in [0.15, 0.2) is 0 Å². The number of nitrogens with zero attached hydrogens (tertiary/aromatic N) is 1. The zero-order chi connectivity index (χ0) is 11.5. The third kappa shape index (κ3) is 2.60. The van der Waals surface area contributed by atoms with Crippen LogP contribution < -0.4 is 5.32 Å². The minimum atomic E-state index is 0.732. The number of hydrogen-bond acceptors (Lipinski definition) is 2. The minimum absolute atomic E-state index is 0.732. The van der Waals surface area contributed by atoms with Crippen LogP contribution in [0.3, 0.4) is 0 Å². The molecule has 94 valence electrons. The van der Waals surface area contributed by atoms with E-state index in [0.717, 1.165) is 23.9 Å². The largest absolute Gasteiger partial charge is 0.316 e. The monoisotopic (exact) mass is 224 g/mol. The van der Waals surface area contributed by atoms with Crippen LogP contribution in [0.5, 0.6) is 0 Å².